The second-order valence-electron chi connectivity index (χ2n) is 2.01. The van der Waals surface area contributed by atoms with E-state index >= 15 is 0 Å². The van der Waals surface area contributed by atoms with Crippen LogP contribution in [0.2, 0.25) is 0 Å². The van der Waals surface area contributed by atoms with Gasteiger partial charge in [0.2, 0.25) is 5.91 Å². The first-order valence-corrected chi connectivity index (χ1v) is 2.15. The number of hydrogen-bond acceptors (Lipinski definition) is 3. The number of hydrogen-bond donors (Lipinski definition) is 1. The summed E-state index contributed by atoms with van der Waals surface area (Å²) in [6.07, 6.45) is 0. The quantitative estimate of drug-likeness (QED) is 0.499. The molecule has 0 fully saturated rings. The van der Waals surface area contributed by atoms with Crippen molar-refractivity contribution in [3.63, 3.8) is 0 Å². The van der Waals surface area contributed by atoms with Crippen LogP contribution in [0.5, 0.6) is 0 Å². The Morgan fingerprint density at radius 3 is 1.89 bits per heavy atom. The van der Waals surface area contributed by atoms with Gasteiger partial charge in [0.25, 0.3) is 0 Å². The molecule has 0 aliphatic carbocycles. The summed E-state index contributed by atoms with van der Waals surface area (Å²) in [6, 6.07) is 0. The summed E-state index contributed by atoms with van der Waals surface area (Å²) in [4.78, 5) is 19.9. The van der Waals surface area contributed by atoms with Gasteiger partial charge in [-0.25, -0.2) is 0 Å². The van der Waals surface area contributed by atoms with Gasteiger partial charge in [-0.1, -0.05) is 5.18 Å². The van der Waals surface area contributed by atoms with Gasteiger partial charge in [-0.3, -0.25) is 4.79 Å². The number of primary amides is 1. The van der Waals surface area contributed by atoms with Gasteiger partial charge in [0.05, 0.1) is 0 Å². The van der Waals surface area contributed by atoms with Crippen molar-refractivity contribution in [2.75, 3.05) is 0 Å². The molecule has 0 atom stereocenters. The Hall–Kier alpha value is -0.970. The maximum absolute atomic E-state index is 10.2. The molecule has 0 unspecified atom stereocenters. The summed E-state index contributed by atoms with van der Waals surface area (Å²) in [7, 11) is 0. The number of carbonyl (C=O) groups is 1. The zero-order valence-corrected chi connectivity index (χ0v) is 5.34. The maximum atomic E-state index is 10.2. The predicted octanol–water partition coefficient (Wildman–Crippen LogP) is -0.808. The number of amides is 1. The summed E-state index contributed by atoms with van der Waals surface area (Å²) < 4.78 is 0. The lowest BCUT2D eigenvalue weighted by molar-refractivity contribution is -0.121. The smallest absolute Gasteiger partial charge is 0.248 e. The lowest BCUT2D eigenvalue weighted by Gasteiger charge is -2.07. The number of carbonyl (C=O) groups excluding carboxylic acids is 1. The van der Waals surface area contributed by atoms with Crippen LogP contribution >= 0.6 is 0 Å². The van der Waals surface area contributed by atoms with Crippen molar-refractivity contribution in [2.45, 2.75) is 19.4 Å². The average Bonchev–Trinajstić information content (AvgIpc) is 1.67. The molecule has 0 aliphatic rings. The number of nitrogens with zero attached hydrogens (tertiary/aromatic N) is 1. The molecule has 0 aromatic rings. The SMILES string of the molecule is CC(C)(N=O)C(N)=O.O. The molecule has 5 nitrogen and oxygen atoms in total. The molecule has 0 aliphatic heterocycles. The molecular weight excluding hydrogens is 124 g/mol. The number of nitroso groups, excluding NO2 is 1. The van der Waals surface area contributed by atoms with E-state index in [2.05, 4.69) is 5.18 Å². The van der Waals surface area contributed by atoms with Gasteiger partial charge < -0.3 is 11.2 Å². The Bertz CT molecular complexity index is 121. The lowest BCUT2D eigenvalue weighted by Crippen LogP contribution is -2.35. The first kappa shape index (κ1) is 10.9. The highest BCUT2D eigenvalue weighted by molar-refractivity contribution is 5.83. The van der Waals surface area contributed by atoms with E-state index < -0.39 is 11.4 Å². The fraction of sp³-hybridized carbons (Fsp3) is 0.750. The van der Waals surface area contributed by atoms with Crippen molar-refractivity contribution < 1.29 is 10.3 Å². The van der Waals surface area contributed by atoms with Crippen molar-refractivity contribution in [1.29, 1.82) is 0 Å². The van der Waals surface area contributed by atoms with Gasteiger partial charge in [0.15, 0.2) is 5.54 Å². The minimum Gasteiger partial charge on any atom is -0.412 e. The third kappa shape index (κ3) is 2.76. The van der Waals surface area contributed by atoms with Crippen molar-refractivity contribution in [1.82, 2.24) is 0 Å². The van der Waals surface area contributed by atoms with Crippen molar-refractivity contribution in [3.8, 4) is 0 Å². The zero-order chi connectivity index (χ0) is 6.78. The molecule has 0 saturated carbocycles. The van der Waals surface area contributed by atoms with Gasteiger partial charge in [-0.2, -0.15) is 0 Å². The van der Waals surface area contributed by atoms with Crippen molar-refractivity contribution >= 4 is 5.91 Å². The summed E-state index contributed by atoms with van der Waals surface area (Å²) in [5.41, 5.74) is 3.50. The monoisotopic (exact) mass is 134 g/mol. The Morgan fingerprint density at radius 1 is 1.56 bits per heavy atom. The maximum Gasteiger partial charge on any atom is 0.248 e. The first-order chi connectivity index (χ1) is 3.50. The molecule has 0 bridgehead atoms. The van der Waals surface area contributed by atoms with Crippen molar-refractivity contribution in [3.05, 3.63) is 4.91 Å². The highest BCUT2D eigenvalue weighted by atomic mass is 16.3. The highest BCUT2D eigenvalue weighted by Crippen LogP contribution is 2.04. The van der Waals surface area contributed by atoms with Crippen LogP contribution in [0.1, 0.15) is 13.8 Å². The first-order valence-electron chi connectivity index (χ1n) is 2.15. The minimum absolute atomic E-state index is 0. The summed E-state index contributed by atoms with van der Waals surface area (Å²) in [5, 5.41) is 2.50. The Labute approximate surface area is 52.5 Å². The molecule has 0 saturated heterocycles. The lowest BCUT2D eigenvalue weighted by atomic mass is 10.1. The van der Waals surface area contributed by atoms with E-state index in [9.17, 15) is 9.70 Å². The fourth-order valence-corrected chi connectivity index (χ4v) is 0.0450. The van der Waals surface area contributed by atoms with Crippen LogP contribution in [0.4, 0.5) is 0 Å². The van der Waals surface area contributed by atoms with E-state index in [1.807, 2.05) is 0 Å². The molecule has 54 valence electrons. The van der Waals surface area contributed by atoms with E-state index in [1.54, 1.807) is 0 Å². The van der Waals surface area contributed by atoms with Gasteiger partial charge >= 0.3 is 0 Å². The van der Waals surface area contributed by atoms with Crippen molar-refractivity contribution in [2.24, 2.45) is 10.9 Å². The molecule has 0 radical (unpaired) electrons. The van der Waals surface area contributed by atoms with E-state index in [1.165, 1.54) is 13.8 Å². The van der Waals surface area contributed by atoms with E-state index in [4.69, 9.17) is 5.73 Å². The van der Waals surface area contributed by atoms with Crippen LogP contribution in [0.3, 0.4) is 0 Å². The fourth-order valence-electron chi connectivity index (χ4n) is 0.0450. The summed E-state index contributed by atoms with van der Waals surface area (Å²) >= 11 is 0. The largest absolute Gasteiger partial charge is 0.412 e. The third-order valence-electron chi connectivity index (χ3n) is 0.831. The predicted molar refractivity (Wildman–Crippen MR) is 32.7 cm³/mol. The second kappa shape index (κ2) is 3.13. The molecule has 4 N–H and O–H groups in total. The molecule has 0 rings (SSSR count). The molecule has 1 amide bonds. The summed E-state index contributed by atoms with van der Waals surface area (Å²) in [5.74, 6) is -0.701. The highest BCUT2D eigenvalue weighted by Gasteiger charge is 2.25. The Balaban J connectivity index is 0. The van der Waals surface area contributed by atoms with E-state index in [0.717, 1.165) is 0 Å². The molecular formula is C4H10N2O3. The van der Waals surface area contributed by atoms with E-state index in [-0.39, 0.29) is 5.48 Å². The second-order valence-corrected chi connectivity index (χ2v) is 2.01. The average molecular weight is 134 g/mol. The molecule has 0 aromatic carbocycles. The molecule has 0 spiro atoms. The van der Waals surface area contributed by atoms with Gasteiger partial charge in [-0.15, -0.1) is 4.91 Å². The summed E-state index contributed by atoms with van der Waals surface area (Å²) in [6.45, 7) is 2.73. The topological polar surface area (TPSA) is 104 Å². The molecule has 9 heavy (non-hydrogen) atoms. The standard InChI is InChI=1S/C4H8N2O2.H2O/c1-4(2,6-8)3(5)7;/h1-2H3,(H2,5,7);1H2. The van der Waals surface area contributed by atoms with Crippen LogP contribution in [0.25, 0.3) is 0 Å². The zero-order valence-electron chi connectivity index (χ0n) is 5.34. The van der Waals surface area contributed by atoms with Gasteiger partial charge in [0.1, 0.15) is 0 Å². The Kier molecular flexibility index (Phi) is 3.80. The third-order valence-corrected chi connectivity index (χ3v) is 0.831. The van der Waals surface area contributed by atoms with Crippen LogP contribution in [0.15, 0.2) is 5.18 Å². The van der Waals surface area contributed by atoms with Crippen LogP contribution < -0.4 is 5.73 Å². The molecule has 5 heteroatoms. The van der Waals surface area contributed by atoms with Gasteiger partial charge in [-0.05, 0) is 13.8 Å². The van der Waals surface area contributed by atoms with Gasteiger partial charge in [0, 0.05) is 0 Å². The Morgan fingerprint density at radius 2 is 1.89 bits per heavy atom. The van der Waals surface area contributed by atoms with Crippen LogP contribution in [-0.2, 0) is 4.79 Å². The normalized spacial score (nSPS) is 9.56. The van der Waals surface area contributed by atoms with Crippen LogP contribution in [0, 0.1) is 4.91 Å². The van der Waals surface area contributed by atoms with E-state index in [0.29, 0.717) is 0 Å². The number of rotatable bonds is 2. The molecule has 0 heterocycles. The molecule has 0 aromatic heterocycles. The minimum atomic E-state index is -1.25. The van der Waals surface area contributed by atoms with Crippen LogP contribution in [-0.4, -0.2) is 16.9 Å². The number of nitrogens with two attached hydrogens (primary N) is 1.